The van der Waals surface area contributed by atoms with Gasteiger partial charge in [-0.1, -0.05) is 30.3 Å². The summed E-state index contributed by atoms with van der Waals surface area (Å²) in [5.41, 5.74) is 2.32. The van der Waals surface area contributed by atoms with Crippen molar-refractivity contribution in [1.29, 1.82) is 0 Å². The summed E-state index contributed by atoms with van der Waals surface area (Å²) in [6, 6.07) is 14.8. The van der Waals surface area contributed by atoms with Crippen LogP contribution in [0.2, 0.25) is 0 Å². The van der Waals surface area contributed by atoms with Gasteiger partial charge in [-0.15, -0.1) is 0 Å². The highest BCUT2D eigenvalue weighted by Crippen LogP contribution is 2.33. The second-order valence-electron chi connectivity index (χ2n) is 5.13. The van der Waals surface area contributed by atoms with E-state index in [-0.39, 0.29) is 18.4 Å². The molecule has 2 aromatic carbocycles. The van der Waals surface area contributed by atoms with Gasteiger partial charge in [-0.2, -0.15) is 0 Å². The number of amides is 2. The molecule has 0 saturated heterocycles. The Morgan fingerprint density at radius 3 is 2.77 bits per heavy atom. The molecule has 22 heavy (non-hydrogen) atoms. The molecule has 112 valence electrons. The van der Waals surface area contributed by atoms with Crippen molar-refractivity contribution in [2.24, 2.45) is 0 Å². The van der Waals surface area contributed by atoms with Gasteiger partial charge in [0.2, 0.25) is 5.91 Å². The number of hydrogen-bond donors (Lipinski definition) is 1. The Morgan fingerprint density at radius 2 is 2.00 bits per heavy atom. The fraction of sp³-hybridized carbons (Fsp3) is 0.176. The van der Waals surface area contributed by atoms with Crippen LogP contribution in [0.1, 0.15) is 5.56 Å². The van der Waals surface area contributed by atoms with Gasteiger partial charge in [-0.3, -0.25) is 9.59 Å². The number of carbonyl (C=O) groups is 2. The van der Waals surface area contributed by atoms with Crippen LogP contribution < -0.4 is 15.0 Å². The summed E-state index contributed by atoms with van der Waals surface area (Å²) < 4.78 is 5.40. The van der Waals surface area contributed by atoms with Crippen LogP contribution in [0, 0.1) is 0 Å². The van der Waals surface area contributed by atoms with Crippen molar-refractivity contribution >= 4 is 23.2 Å². The second kappa shape index (κ2) is 5.89. The van der Waals surface area contributed by atoms with E-state index in [0.717, 1.165) is 5.56 Å². The molecule has 0 aliphatic carbocycles. The molecule has 0 unspecified atom stereocenters. The number of carbonyl (C=O) groups excluding carboxylic acids is 2. The maximum absolute atomic E-state index is 12.0. The first-order valence-corrected chi connectivity index (χ1v) is 7.00. The van der Waals surface area contributed by atoms with Gasteiger partial charge < -0.3 is 15.0 Å². The SMILES string of the molecule is CN1C(=O)COc2cc(NC(=O)Cc3ccccc3)ccc21. The standard InChI is InChI=1S/C17H16N2O3/c1-19-14-8-7-13(10-15(14)22-11-17(19)21)18-16(20)9-12-5-3-2-4-6-12/h2-8,10H,9,11H2,1H3,(H,18,20). The number of nitrogens with zero attached hydrogens (tertiary/aromatic N) is 1. The number of anilines is 2. The van der Waals surface area contributed by atoms with Crippen molar-refractivity contribution in [1.82, 2.24) is 0 Å². The average molecular weight is 296 g/mol. The normalized spacial score (nSPS) is 13.3. The van der Waals surface area contributed by atoms with E-state index in [1.807, 2.05) is 30.3 Å². The number of hydrogen-bond acceptors (Lipinski definition) is 3. The van der Waals surface area contributed by atoms with Crippen molar-refractivity contribution in [3.63, 3.8) is 0 Å². The smallest absolute Gasteiger partial charge is 0.264 e. The van der Waals surface area contributed by atoms with Gasteiger partial charge >= 0.3 is 0 Å². The van der Waals surface area contributed by atoms with E-state index in [4.69, 9.17) is 4.74 Å². The van der Waals surface area contributed by atoms with Crippen molar-refractivity contribution < 1.29 is 14.3 Å². The van der Waals surface area contributed by atoms with E-state index in [0.29, 0.717) is 23.5 Å². The fourth-order valence-electron chi connectivity index (χ4n) is 2.34. The monoisotopic (exact) mass is 296 g/mol. The minimum Gasteiger partial charge on any atom is -0.481 e. The van der Waals surface area contributed by atoms with Crippen LogP contribution in [0.25, 0.3) is 0 Å². The van der Waals surface area contributed by atoms with Crippen molar-refractivity contribution in [3.05, 3.63) is 54.1 Å². The maximum Gasteiger partial charge on any atom is 0.264 e. The predicted octanol–water partition coefficient (Wildman–Crippen LogP) is 2.22. The molecular weight excluding hydrogens is 280 g/mol. The number of benzene rings is 2. The molecule has 1 heterocycles. The lowest BCUT2D eigenvalue weighted by molar-refractivity contribution is -0.121. The third-order valence-electron chi connectivity index (χ3n) is 3.54. The Kier molecular flexibility index (Phi) is 3.78. The summed E-state index contributed by atoms with van der Waals surface area (Å²) in [7, 11) is 1.71. The number of fused-ring (bicyclic) bond motifs is 1. The van der Waals surface area contributed by atoms with Crippen LogP contribution in [0.4, 0.5) is 11.4 Å². The zero-order valence-electron chi connectivity index (χ0n) is 12.2. The quantitative estimate of drug-likeness (QED) is 0.945. The number of rotatable bonds is 3. The van der Waals surface area contributed by atoms with Gasteiger partial charge in [0.25, 0.3) is 5.91 Å². The fourth-order valence-corrected chi connectivity index (χ4v) is 2.34. The van der Waals surface area contributed by atoms with Crippen LogP contribution in [-0.2, 0) is 16.0 Å². The molecule has 1 N–H and O–H groups in total. The molecule has 0 fully saturated rings. The number of likely N-dealkylation sites (N-methyl/N-ethyl adjacent to an activating group) is 1. The first kappa shape index (κ1) is 14.1. The van der Waals surface area contributed by atoms with Crippen LogP contribution in [-0.4, -0.2) is 25.5 Å². The van der Waals surface area contributed by atoms with Crippen LogP contribution in [0.15, 0.2) is 48.5 Å². The van der Waals surface area contributed by atoms with Gasteiger partial charge in [-0.25, -0.2) is 0 Å². The first-order valence-electron chi connectivity index (χ1n) is 7.00. The minimum absolute atomic E-state index is 0.0188. The molecule has 0 radical (unpaired) electrons. The molecule has 1 aliphatic heterocycles. The molecule has 0 aromatic heterocycles. The third kappa shape index (κ3) is 2.93. The molecule has 5 heteroatoms. The van der Waals surface area contributed by atoms with Crippen LogP contribution >= 0.6 is 0 Å². The van der Waals surface area contributed by atoms with E-state index in [9.17, 15) is 9.59 Å². The molecule has 0 atom stereocenters. The molecule has 1 aliphatic rings. The largest absolute Gasteiger partial charge is 0.481 e. The molecule has 2 aromatic rings. The van der Waals surface area contributed by atoms with Crippen molar-refractivity contribution in [3.8, 4) is 5.75 Å². The molecule has 3 rings (SSSR count). The zero-order chi connectivity index (χ0) is 15.5. The molecule has 0 spiro atoms. The van der Waals surface area contributed by atoms with E-state index in [1.54, 1.807) is 30.1 Å². The molecule has 5 nitrogen and oxygen atoms in total. The summed E-state index contributed by atoms with van der Waals surface area (Å²) >= 11 is 0. The van der Waals surface area contributed by atoms with Gasteiger partial charge in [0.1, 0.15) is 5.75 Å². The molecular formula is C17H16N2O3. The van der Waals surface area contributed by atoms with Gasteiger partial charge in [0, 0.05) is 18.8 Å². The number of nitrogens with one attached hydrogen (secondary N) is 1. The Hall–Kier alpha value is -2.82. The average Bonchev–Trinajstić information content (AvgIpc) is 2.52. The summed E-state index contributed by atoms with van der Waals surface area (Å²) in [4.78, 5) is 25.2. The van der Waals surface area contributed by atoms with Crippen molar-refractivity contribution in [2.45, 2.75) is 6.42 Å². The highest BCUT2D eigenvalue weighted by Gasteiger charge is 2.22. The summed E-state index contributed by atoms with van der Waals surface area (Å²) in [5, 5.41) is 2.84. The van der Waals surface area contributed by atoms with Gasteiger partial charge in [0.15, 0.2) is 6.61 Å². The topological polar surface area (TPSA) is 58.6 Å². The molecule has 2 amide bonds. The summed E-state index contributed by atoms with van der Waals surface area (Å²) in [6.07, 6.45) is 0.317. The summed E-state index contributed by atoms with van der Waals surface area (Å²) in [6.45, 7) is 0.0188. The highest BCUT2D eigenvalue weighted by molar-refractivity contribution is 5.98. The summed E-state index contributed by atoms with van der Waals surface area (Å²) in [5.74, 6) is 0.416. The highest BCUT2D eigenvalue weighted by atomic mass is 16.5. The second-order valence-corrected chi connectivity index (χ2v) is 5.13. The lowest BCUT2D eigenvalue weighted by Gasteiger charge is -2.26. The third-order valence-corrected chi connectivity index (χ3v) is 3.54. The lowest BCUT2D eigenvalue weighted by Crippen LogP contribution is -2.35. The van der Waals surface area contributed by atoms with Crippen molar-refractivity contribution in [2.75, 3.05) is 23.9 Å². The molecule has 0 saturated carbocycles. The van der Waals surface area contributed by atoms with E-state index in [2.05, 4.69) is 5.32 Å². The van der Waals surface area contributed by atoms with Gasteiger partial charge in [-0.05, 0) is 17.7 Å². The van der Waals surface area contributed by atoms with Crippen LogP contribution in [0.5, 0.6) is 5.75 Å². The Labute approximate surface area is 128 Å². The Bertz CT molecular complexity index is 713. The predicted molar refractivity (Wildman–Crippen MR) is 84.1 cm³/mol. The molecule has 0 bridgehead atoms. The number of ether oxygens (including phenoxy) is 1. The van der Waals surface area contributed by atoms with Crippen LogP contribution in [0.3, 0.4) is 0 Å². The minimum atomic E-state index is -0.0913. The zero-order valence-corrected chi connectivity index (χ0v) is 12.2. The Morgan fingerprint density at radius 1 is 1.23 bits per heavy atom. The van der Waals surface area contributed by atoms with E-state index < -0.39 is 0 Å². The van der Waals surface area contributed by atoms with E-state index in [1.165, 1.54) is 0 Å². The maximum atomic E-state index is 12.0. The van der Waals surface area contributed by atoms with Gasteiger partial charge in [0.05, 0.1) is 12.1 Å². The first-order chi connectivity index (χ1) is 10.6. The lowest BCUT2D eigenvalue weighted by atomic mass is 10.1. The Balaban J connectivity index is 1.71. The van der Waals surface area contributed by atoms with E-state index >= 15 is 0 Å².